The van der Waals surface area contributed by atoms with Crippen LogP contribution in [0.3, 0.4) is 0 Å². The Hall–Kier alpha value is -0.940. The monoisotopic (exact) mass is 259 g/mol. The first kappa shape index (κ1) is 14.1. The number of benzene rings is 1. The largest absolute Gasteiger partial charge is 0.323 e. The van der Waals surface area contributed by atoms with Crippen molar-refractivity contribution in [2.75, 3.05) is 6.26 Å². The number of sulfone groups is 1. The van der Waals surface area contributed by atoms with Gasteiger partial charge in [-0.25, -0.2) is 12.8 Å². The van der Waals surface area contributed by atoms with Crippen LogP contribution < -0.4 is 5.73 Å². The maximum Gasteiger partial charge on any atom is 0.154 e. The van der Waals surface area contributed by atoms with Crippen LogP contribution in [-0.2, 0) is 9.84 Å². The zero-order valence-corrected chi connectivity index (χ0v) is 11.3. The molecule has 0 saturated carbocycles. The Morgan fingerprint density at radius 2 is 1.88 bits per heavy atom. The van der Waals surface area contributed by atoms with E-state index in [0.717, 1.165) is 6.26 Å². The van der Waals surface area contributed by atoms with Crippen molar-refractivity contribution in [3.63, 3.8) is 0 Å². The van der Waals surface area contributed by atoms with Gasteiger partial charge in [0.05, 0.1) is 4.75 Å². The highest BCUT2D eigenvalue weighted by Gasteiger charge is 2.37. The van der Waals surface area contributed by atoms with E-state index >= 15 is 0 Å². The summed E-state index contributed by atoms with van der Waals surface area (Å²) in [5.41, 5.74) is 7.06. The maximum atomic E-state index is 13.1. The fourth-order valence-electron chi connectivity index (χ4n) is 1.49. The van der Waals surface area contributed by atoms with E-state index in [4.69, 9.17) is 5.73 Å². The van der Waals surface area contributed by atoms with Gasteiger partial charge in [0.25, 0.3) is 0 Å². The molecular formula is C12H18FNO2S. The van der Waals surface area contributed by atoms with Crippen LogP contribution in [0.25, 0.3) is 0 Å². The summed E-state index contributed by atoms with van der Waals surface area (Å²) in [6.07, 6.45) is 1.16. The maximum absolute atomic E-state index is 13.1. The summed E-state index contributed by atoms with van der Waals surface area (Å²) in [6, 6.07) is 3.74. The fourth-order valence-corrected chi connectivity index (χ4v) is 2.09. The minimum absolute atomic E-state index is 0.321. The summed E-state index contributed by atoms with van der Waals surface area (Å²) in [5.74, 6) is -0.321. The summed E-state index contributed by atoms with van der Waals surface area (Å²) < 4.78 is 35.4. The minimum Gasteiger partial charge on any atom is -0.323 e. The van der Waals surface area contributed by atoms with Crippen molar-refractivity contribution < 1.29 is 12.8 Å². The van der Waals surface area contributed by atoms with Gasteiger partial charge in [0.2, 0.25) is 0 Å². The van der Waals surface area contributed by atoms with E-state index in [1.807, 2.05) is 0 Å². The van der Waals surface area contributed by atoms with Gasteiger partial charge in [0.15, 0.2) is 9.84 Å². The molecule has 0 spiro atoms. The summed E-state index contributed by atoms with van der Waals surface area (Å²) in [7, 11) is -3.29. The molecule has 17 heavy (non-hydrogen) atoms. The van der Waals surface area contributed by atoms with Crippen molar-refractivity contribution in [1.82, 2.24) is 0 Å². The molecule has 1 rings (SSSR count). The van der Waals surface area contributed by atoms with Crippen molar-refractivity contribution in [2.24, 2.45) is 5.73 Å². The molecule has 1 aromatic rings. The predicted molar refractivity (Wildman–Crippen MR) is 67.0 cm³/mol. The molecule has 0 amide bonds. The average molecular weight is 259 g/mol. The summed E-state index contributed by atoms with van der Waals surface area (Å²) >= 11 is 0. The second kappa shape index (κ2) is 4.38. The van der Waals surface area contributed by atoms with E-state index in [2.05, 4.69) is 0 Å². The zero-order chi connectivity index (χ0) is 13.4. The van der Waals surface area contributed by atoms with Crippen LogP contribution in [-0.4, -0.2) is 19.4 Å². The van der Waals surface area contributed by atoms with E-state index in [0.29, 0.717) is 11.1 Å². The van der Waals surface area contributed by atoms with E-state index in [9.17, 15) is 12.8 Å². The predicted octanol–water partition coefficient (Wildman–Crippen LogP) is 1.96. The van der Waals surface area contributed by atoms with Crippen LogP contribution in [0, 0.1) is 12.7 Å². The lowest BCUT2D eigenvalue weighted by atomic mass is 9.95. The molecule has 0 bridgehead atoms. The van der Waals surface area contributed by atoms with Gasteiger partial charge in [-0.1, -0.05) is 12.1 Å². The number of rotatable bonds is 3. The molecular weight excluding hydrogens is 241 g/mol. The van der Waals surface area contributed by atoms with Crippen LogP contribution in [0.4, 0.5) is 4.39 Å². The van der Waals surface area contributed by atoms with Crippen LogP contribution >= 0.6 is 0 Å². The number of halogens is 1. The average Bonchev–Trinajstić information content (AvgIpc) is 2.19. The first-order chi connectivity index (χ1) is 7.57. The van der Waals surface area contributed by atoms with E-state index in [1.165, 1.54) is 12.1 Å². The van der Waals surface area contributed by atoms with Crippen LogP contribution in [0.15, 0.2) is 18.2 Å². The quantitative estimate of drug-likeness (QED) is 0.902. The smallest absolute Gasteiger partial charge is 0.154 e. The van der Waals surface area contributed by atoms with E-state index < -0.39 is 20.6 Å². The molecule has 1 unspecified atom stereocenters. The van der Waals surface area contributed by atoms with Crippen LogP contribution in [0.2, 0.25) is 0 Å². The lowest BCUT2D eigenvalue weighted by molar-refractivity contribution is 0.495. The van der Waals surface area contributed by atoms with Crippen molar-refractivity contribution in [2.45, 2.75) is 31.6 Å². The molecule has 0 aliphatic carbocycles. The van der Waals surface area contributed by atoms with Gasteiger partial charge in [-0.15, -0.1) is 0 Å². The van der Waals surface area contributed by atoms with Gasteiger partial charge >= 0.3 is 0 Å². The molecule has 0 aliphatic heterocycles. The third-order valence-electron chi connectivity index (χ3n) is 3.25. The third kappa shape index (κ3) is 2.66. The SMILES string of the molecule is Cc1cc(C(N)C(C)(C)S(C)(=O)=O)ccc1F. The Kier molecular flexibility index (Phi) is 3.64. The highest BCUT2D eigenvalue weighted by Crippen LogP contribution is 2.30. The molecule has 3 nitrogen and oxygen atoms in total. The summed E-state index contributed by atoms with van der Waals surface area (Å²) in [5, 5.41) is 0. The minimum atomic E-state index is -3.29. The van der Waals surface area contributed by atoms with Crippen molar-refractivity contribution in [3.05, 3.63) is 35.1 Å². The van der Waals surface area contributed by atoms with Crippen molar-refractivity contribution in [3.8, 4) is 0 Å². The fraction of sp³-hybridized carbons (Fsp3) is 0.500. The van der Waals surface area contributed by atoms with Crippen LogP contribution in [0.5, 0.6) is 0 Å². The van der Waals surface area contributed by atoms with Gasteiger partial charge < -0.3 is 5.73 Å². The first-order valence-corrected chi connectivity index (χ1v) is 7.17. The second-order valence-corrected chi connectivity index (χ2v) is 7.46. The molecule has 0 fully saturated rings. The van der Waals surface area contributed by atoms with Gasteiger partial charge in [0.1, 0.15) is 5.82 Å². The molecule has 96 valence electrons. The Bertz CT molecular complexity index is 523. The van der Waals surface area contributed by atoms with Gasteiger partial charge in [-0.05, 0) is 38.0 Å². The number of nitrogens with two attached hydrogens (primary N) is 1. The van der Waals surface area contributed by atoms with Crippen molar-refractivity contribution in [1.29, 1.82) is 0 Å². The molecule has 0 heterocycles. The Morgan fingerprint density at radius 3 is 2.29 bits per heavy atom. The van der Waals surface area contributed by atoms with Crippen molar-refractivity contribution >= 4 is 9.84 Å². The number of aryl methyl sites for hydroxylation is 1. The normalized spacial score (nSPS) is 14.7. The molecule has 0 radical (unpaired) electrons. The molecule has 5 heteroatoms. The van der Waals surface area contributed by atoms with Gasteiger partial charge in [-0.2, -0.15) is 0 Å². The second-order valence-electron chi connectivity index (χ2n) is 4.86. The molecule has 2 N–H and O–H groups in total. The zero-order valence-electron chi connectivity index (χ0n) is 10.5. The van der Waals surface area contributed by atoms with Gasteiger partial charge in [0, 0.05) is 12.3 Å². The molecule has 0 saturated heterocycles. The van der Waals surface area contributed by atoms with E-state index in [-0.39, 0.29) is 5.82 Å². The highest BCUT2D eigenvalue weighted by molar-refractivity contribution is 7.92. The molecule has 0 aromatic heterocycles. The third-order valence-corrected chi connectivity index (χ3v) is 5.41. The van der Waals surface area contributed by atoms with Crippen LogP contribution in [0.1, 0.15) is 31.0 Å². The highest BCUT2D eigenvalue weighted by atomic mass is 32.2. The lowest BCUT2D eigenvalue weighted by Gasteiger charge is -2.30. The molecule has 1 aromatic carbocycles. The Balaban J connectivity index is 3.21. The van der Waals surface area contributed by atoms with E-state index in [1.54, 1.807) is 26.8 Å². The first-order valence-electron chi connectivity index (χ1n) is 5.28. The Morgan fingerprint density at radius 1 is 1.35 bits per heavy atom. The Labute approximate surface area is 102 Å². The number of hydrogen-bond acceptors (Lipinski definition) is 3. The molecule has 0 aliphatic rings. The summed E-state index contributed by atoms with van der Waals surface area (Å²) in [4.78, 5) is 0. The topological polar surface area (TPSA) is 60.2 Å². The number of hydrogen-bond donors (Lipinski definition) is 1. The van der Waals surface area contributed by atoms with Gasteiger partial charge in [-0.3, -0.25) is 0 Å². The lowest BCUT2D eigenvalue weighted by Crippen LogP contribution is -2.42. The molecule has 1 atom stereocenters. The summed E-state index contributed by atoms with van der Waals surface area (Å²) in [6.45, 7) is 4.77. The standard InChI is InChI=1S/C12H18FNO2S/c1-8-7-9(5-6-10(8)13)11(14)12(2,3)17(4,15)16/h5-7,11H,14H2,1-4H3.